The normalized spacial score (nSPS) is 14.2. The summed E-state index contributed by atoms with van der Waals surface area (Å²) in [6.07, 6.45) is -2.37. The van der Waals surface area contributed by atoms with E-state index in [9.17, 15) is 19.2 Å². The van der Waals surface area contributed by atoms with Crippen LogP contribution >= 0.6 is 15.9 Å². The molecule has 10 nitrogen and oxygen atoms in total. The number of aliphatic carboxylic acids is 2. The summed E-state index contributed by atoms with van der Waals surface area (Å²) in [6.45, 7) is 6.63. The first kappa shape index (κ1) is 26.5. The van der Waals surface area contributed by atoms with Gasteiger partial charge in [0, 0.05) is 0 Å². The molecule has 3 unspecified atom stereocenters. The van der Waals surface area contributed by atoms with Gasteiger partial charge < -0.3 is 25.8 Å². The number of nitrogens with one attached hydrogen (secondary N) is 1. The van der Waals surface area contributed by atoms with Crippen LogP contribution in [0.25, 0.3) is 0 Å². The van der Waals surface area contributed by atoms with Gasteiger partial charge in [-0.05, 0) is 26.7 Å². The van der Waals surface area contributed by atoms with Gasteiger partial charge in [-0.3, -0.25) is 14.9 Å². The number of carboxylic acids is 2. The lowest BCUT2D eigenvalue weighted by Crippen LogP contribution is -2.46. The van der Waals surface area contributed by atoms with Crippen LogP contribution in [0.3, 0.4) is 0 Å². The lowest BCUT2D eigenvalue weighted by Gasteiger charge is -2.21. The molecule has 26 heavy (non-hydrogen) atoms. The van der Waals surface area contributed by atoms with Crippen molar-refractivity contribution in [3.05, 3.63) is 0 Å². The van der Waals surface area contributed by atoms with Gasteiger partial charge in [0.1, 0.15) is 4.32 Å². The molecule has 6 N–H and O–H groups in total. The Bertz CT molecular complexity index is 494. The Hall–Kier alpha value is -1.72. The van der Waals surface area contributed by atoms with Gasteiger partial charge in [-0.15, -0.1) is 0 Å². The Morgan fingerprint density at radius 1 is 1.15 bits per heavy atom. The molecule has 0 aliphatic heterocycles. The summed E-state index contributed by atoms with van der Waals surface area (Å²) >= 11 is 3.26. The Balaban J connectivity index is 0. The highest BCUT2D eigenvalue weighted by Crippen LogP contribution is 2.26. The van der Waals surface area contributed by atoms with Gasteiger partial charge in [-0.2, -0.15) is 0 Å². The standard InChI is InChI=1S/C8H14O6.C7H13BrN2O2/c1-4(9)5(2)14-6(8(12)13)3-7(10)11;1-3-7(8,4-2)5(11)10-6(9)12/h4-6,9H,3H2,1-2H3,(H,10,11)(H,12,13);3-4H2,1-2H3,(H3,9,10,11,12). The van der Waals surface area contributed by atoms with Crippen molar-refractivity contribution in [1.29, 1.82) is 0 Å². The first-order valence-electron chi connectivity index (χ1n) is 7.88. The highest BCUT2D eigenvalue weighted by molar-refractivity contribution is 9.10. The molecule has 0 radical (unpaired) electrons. The van der Waals surface area contributed by atoms with Crippen LogP contribution in [0.1, 0.15) is 47.0 Å². The number of halogens is 1. The number of carbonyl (C=O) groups is 4. The summed E-state index contributed by atoms with van der Waals surface area (Å²) in [7, 11) is 0. The molecule has 0 aliphatic carbocycles. The minimum atomic E-state index is -1.42. The number of urea groups is 1. The third-order valence-corrected chi connectivity index (χ3v) is 4.94. The lowest BCUT2D eigenvalue weighted by atomic mass is 10.0. The van der Waals surface area contributed by atoms with Crippen molar-refractivity contribution >= 4 is 39.8 Å². The average Bonchev–Trinajstić information content (AvgIpc) is 2.52. The molecule has 0 spiro atoms. The number of hydrogen-bond donors (Lipinski definition) is 5. The quantitative estimate of drug-likeness (QED) is 0.326. The Morgan fingerprint density at radius 3 is 1.88 bits per heavy atom. The van der Waals surface area contributed by atoms with Crippen LogP contribution in [-0.4, -0.2) is 61.8 Å². The number of imide groups is 1. The summed E-state index contributed by atoms with van der Waals surface area (Å²) in [6, 6.07) is -0.814. The van der Waals surface area contributed by atoms with E-state index in [2.05, 4.69) is 15.9 Å². The highest BCUT2D eigenvalue weighted by atomic mass is 79.9. The van der Waals surface area contributed by atoms with E-state index in [-0.39, 0.29) is 5.91 Å². The molecule has 0 aliphatic rings. The zero-order valence-corrected chi connectivity index (χ0v) is 16.8. The minimum absolute atomic E-state index is 0.375. The van der Waals surface area contributed by atoms with Gasteiger partial charge in [-0.25, -0.2) is 9.59 Å². The van der Waals surface area contributed by atoms with Gasteiger partial charge in [0.25, 0.3) is 0 Å². The number of nitrogens with two attached hydrogens (primary N) is 1. The second-order valence-electron chi connectivity index (χ2n) is 5.50. The highest BCUT2D eigenvalue weighted by Gasteiger charge is 2.32. The number of rotatable bonds is 9. The van der Waals surface area contributed by atoms with Crippen LogP contribution in [0.5, 0.6) is 0 Å². The molecule has 3 amide bonds. The fourth-order valence-electron chi connectivity index (χ4n) is 1.52. The van der Waals surface area contributed by atoms with E-state index in [1.165, 1.54) is 13.8 Å². The first-order chi connectivity index (χ1) is 11.8. The van der Waals surface area contributed by atoms with Crippen LogP contribution < -0.4 is 11.1 Å². The van der Waals surface area contributed by atoms with Crippen molar-refractivity contribution in [2.75, 3.05) is 0 Å². The molecule has 0 aromatic heterocycles. The lowest BCUT2D eigenvalue weighted by molar-refractivity contribution is -0.163. The summed E-state index contributed by atoms with van der Waals surface area (Å²) in [5.41, 5.74) is 4.81. The number of carbonyl (C=O) groups excluding carboxylic acids is 2. The molecule has 11 heteroatoms. The maximum Gasteiger partial charge on any atom is 0.333 e. The maximum atomic E-state index is 11.3. The molecule has 0 saturated carbocycles. The first-order valence-corrected chi connectivity index (χ1v) is 8.67. The van der Waals surface area contributed by atoms with E-state index in [1.54, 1.807) is 0 Å². The monoisotopic (exact) mass is 442 g/mol. The van der Waals surface area contributed by atoms with Crippen LogP contribution in [-0.2, 0) is 19.1 Å². The van der Waals surface area contributed by atoms with E-state index in [0.717, 1.165) is 0 Å². The number of alkyl halides is 1. The minimum Gasteiger partial charge on any atom is -0.481 e. The Morgan fingerprint density at radius 2 is 1.62 bits per heavy atom. The molecule has 3 atom stereocenters. The number of carboxylic acid groups (broad SMARTS) is 2. The average molecular weight is 443 g/mol. The summed E-state index contributed by atoms with van der Waals surface area (Å²) in [5.74, 6) is -2.98. The van der Waals surface area contributed by atoms with E-state index >= 15 is 0 Å². The molecule has 0 saturated heterocycles. The van der Waals surface area contributed by atoms with E-state index in [4.69, 9.17) is 25.8 Å². The topological polar surface area (TPSA) is 176 Å². The van der Waals surface area contributed by atoms with Crippen LogP contribution in [0.4, 0.5) is 4.79 Å². The molecule has 0 fully saturated rings. The van der Waals surface area contributed by atoms with Crippen molar-refractivity contribution in [3.8, 4) is 0 Å². The Kier molecular flexibility index (Phi) is 12.9. The summed E-state index contributed by atoms with van der Waals surface area (Å²) in [5, 5.41) is 28.0. The van der Waals surface area contributed by atoms with Crippen molar-refractivity contribution in [3.63, 3.8) is 0 Å². The smallest absolute Gasteiger partial charge is 0.333 e. The predicted octanol–water partition coefficient (Wildman–Crippen LogP) is 0.835. The second kappa shape index (κ2) is 12.6. The zero-order valence-electron chi connectivity index (χ0n) is 15.2. The number of ether oxygens (including phenoxy) is 1. The SMILES string of the molecule is CC(O)C(C)OC(CC(=O)O)C(=O)O.CCC(Br)(CC)C(=O)NC(N)=O. The van der Waals surface area contributed by atoms with Crippen molar-refractivity contribution in [2.24, 2.45) is 5.73 Å². The fourth-order valence-corrected chi connectivity index (χ4v) is 1.62. The van der Waals surface area contributed by atoms with Crippen LogP contribution in [0.15, 0.2) is 0 Å². The van der Waals surface area contributed by atoms with Gasteiger partial charge in [-0.1, -0.05) is 29.8 Å². The molecule has 0 aromatic rings. The second-order valence-corrected chi connectivity index (χ2v) is 7.02. The number of aliphatic hydroxyl groups is 1. The molecular weight excluding hydrogens is 416 g/mol. The molecule has 0 heterocycles. The van der Waals surface area contributed by atoms with Crippen LogP contribution in [0, 0.1) is 0 Å². The van der Waals surface area contributed by atoms with Gasteiger partial charge in [0.2, 0.25) is 5.91 Å². The molecule has 152 valence electrons. The van der Waals surface area contributed by atoms with Crippen molar-refractivity contribution in [2.45, 2.75) is 69.6 Å². The summed E-state index contributed by atoms with van der Waals surface area (Å²) in [4.78, 5) is 42.4. The number of hydrogen-bond acceptors (Lipinski definition) is 6. The van der Waals surface area contributed by atoms with E-state index < -0.39 is 47.0 Å². The number of amides is 3. The maximum absolute atomic E-state index is 11.3. The molecular formula is C15H27BrN2O8. The van der Waals surface area contributed by atoms with Gasteiger partial charge in [0.05, 0.1) is 18.6 Å². The fraction of sp³-hybridized carbons (Fsp3) is 0.733. The third-order valence-electron chi connectivity index (χ3n) is 3.46. The summed E-state index contributed by atoms with van der Waals surface area (Å²) < 4.78 is 4.19. The zero-order chi connectivity index (χ0) is 21.1. The number of aliphatic hydroxyl groups excluding tert-OH is 1. The predicted molar refractivity (Wildman–Crippen MR) is 95.9 cm³/mol. The largest absolute Gasteiger partial charge is 0.481 e. The van der Waals surface area contributed by atoms with Gasteiger partial charge >= 0.3 is 18.0 Å². The molecule has 0 bridgehead atoms. The third kappa shape index (κ3) is 11.0. The van der Waals surface area contributed by atoms with E-state index in [0.29, 0.717) is 12.8 Å². The van der Waals surface area contributed by atoms with Crippen molar-refractivity contribution in [1.82, 2.24) is 5.32 Å². The number of primary amides is 1. The van der Waals surface area contributed by atoms with Gasteiger partial charge in [0.15, 0.2) is 6.10 Å². The molecule has 0 rings (SSSR count). The van der Waals surface area contributed by atoms with E-state index in [1.807, 2.05) is 19.2 Å². The molecule has 0 aromatic carbocycles. The van der Waals surface area contributed by atoms with Crippen LogP contribution in [0.2, 0.25) is 0 Å². The Labute approximate surface area is 160 Å². The van der Waals surface area contributed by atoms with Crippen molar-refractivity contribution < 1.29 is 39.2 Å².